The molecule has 0 saturated carbocycles. The summed E-state index contributed by atoms with van der Waals surface area (Å²) in [5.74, 6) is -0.154. The fourth-order valence-electron chi connectivity index (χ4n) is 2.74. The number of carbonyl (C=O) groups excluding carboxylic acids is 1. The molecule has 4 nitrogen and oxygen atoms in total. The molecule has 0 aliphatic carbocycles. The van der Waals surface area contributed by atoms with Crippen LogP contribution in [0.25, 0.3) is 10.8 Å². The molecule has 0 spiro atoms. The average Bonchev–Trinajstić information content (AvgIpc) is 2.66. The van der Waals surface area contributed by atoms with E-state index >= 15 is 0 Å². The molecule has 0 saturated heterocycles. The molecule has 0 fully saturated rings. The van der Waals surface area contributed by atoms with Gasteiger partial charge in [-0.15, -0.1) is 13.2 Å². The molecular weight excluding hydrogens is 371 g/mol. The van der Waals surface area contributed by atoms with E-state index in [0.717, 1.165) is 22.9 Å². The fraction of sp³-hybridized carbons (Fsp3) is 0.190. The maximum absolute atomic E-state index is 12.6. The molecule has 146 valence electrons. The lowest BCUT2D eigenvalue weighted by Gasteiger charge is -2.18. The zero-order valence-electron chi connectivity index (χ0n) is 15.0. The minimum absolute atomic E-state index is 0.347. The third kappa shape index (κ3) is 4.94. The molecule has 1 N–H and O–H groups in total. The standard InChI is InChI=1S/C21H18F3NO3/c1-2-18(27-19-9-5-7-14-6-3-4-8-17(14)19)20(26)25-15-10-12-16(13-11-15)28-21(22,23)24/h3-13,18H,2H2,1H3,(H,25,26)/t18-/m1/s1. The van der Waals surface area contributed by atoms with Crippen molar-refractivity contribution in [1.29, 1.82) is 0 Å². The van der Waals surface area contributed by atoms with Gasteiger partial charge in [-0.3, -0.25) is 4.79 Å². The first kappa shape index (κ1) is 19.5. The van der Waals surface area contributed by atoms with Crippen molar-refractivity contribution in [2.24, 2.45) is 0 Å². The monoisotopic (exact) mass is 389 g/mol. The number of benzene rings is 3. The van der Waals surface area contributed by atoms with Gasteiger partial charge in [0.15, 0.2) is 6.10 Å². The first-order valence-corrected chi connectivity index (χ1v) is 8.67. The largest absolute Gasteiger partial charge is 0.573 e. The molecule has 1 atom stereocenters. The van der Waals surface area contributed by atoms with Crippen molar-refractivity contribution in [2.45, 2.75) is 25.8 Å². The second-order valence-corrected chi connectivity index (χ2v) is 6.05. The summed E-state index contributed by atoms with van der Waals surface area (Å²) in [6.07, 6.45) is -5.09. The van der Waals surface area contributed by atoms with Crippen molar-refractivity contribution in [3.8, 4) is 11.5 Å². The lowest BCUT2D eigenvalue weighted by atomic mass is 10.1. The van der Waals surface area contributed by atoms with E-state index in [2.05, 4.69) is 10.1 Å². The van der Waals surface area contributed by atoms with E-state index in [1.165, 1.54) is 12.1 Å². The molecule has 0 aliphatic rings. The van der Waals surface area contributed by atoms with Crippen LogP contribution in [0.4, 0.5) is 18.9 Å². The SMILES string of the molecule is CC[C@@H](Oc1cccc2ccccc12)C(=O)Nc1ccc(OC(F)(F)F)cc1. The van der Waals surface area contributed by atoms with E-state index in [-0.39, 0.29) is 11.7 Å². The number of anilines is 1. The molecule has 0 aliphatic heterocycles. The Hall–Kier alpha value is -3.22. The van der Waals surface area contributed by atoms with Crippen LogP contribution in [-0.2, 0) is 4.79 Å². The maximum atomic E-state index is 12.6. The Balaban J connectivity index is 1.70. The van der Waals surface area contributed by atoms with E-state index in [0.29, 0.717) is 17.9 Å². The highest BCUT2D eigenvalue weighted by Crippen LogP contribution is 2.27. The minimum atomic E-state index is -4.76. The lowest BCUT2D eigenvalue weighted by Crippen LogP contribution is -2.32. The first-order chi connectivity index (χ1) is 13.4. The predicted molar refractivity (Wildman–Crippen MR) is 100 cm³/mol. The van der Waals surface area contributed by atoms with Crippen LogP contribution in [0.2, 0.25) is 0 Å². The Bertz CT molecular complexity index is 950. The summed E-state index contributed by atoms with van der Waals surface area (Å²) < 4.78 is 46.4. The van der Waals surface area contributed by atoms with Gasteiger partial charge in [0.25, 0.3) is 5.91 Å². The molecule has 1 amide bonds. The Morgan fingerprint density at radius 3 is 2.36 bits per heavy atom. The number of fused-ring (bicyclic) bond motifs is 1. The van der Waals surface area contributed by atoms with Gasteiger partial charge >= 0.3 is 6.36 Å². The summed E-state index contributed by atoms with van der Waals surface area (Å²) >= 11 is 0. The number of alkyl halides is 3. The van der Waals surface area contributed by atoms with Gasteiger partial charge < -0.3 is 14.8 Å². The van der Waals surface area contributed by atoms with E-state index in [1.807, 2.05) is 43.3 Å². The van der Waals surface area contributed by atoms with E-state index < -0.39 is 12.5 Å². The molecule has 0 aromatic heterocycles. The van der Waals surface area contributed by atoms with Gasteiger partial charge in [0.2, 0.25) is 0 Å². The molecular formula is C21H18F3NO3. The lowest BCUT2D eigenvalue weighted by molar-refractivity contribution is -0.274. The Morgan fingerprint density at radius 2 is 1.68 bits per heavy atom. The van der Waals surface area contributed by atoms with Crippen LogP contribution in [0, 0.1) is 0 Å². The van der Waals surface area contributed by atoms with Crippen molar-refractivity contribution in [1.82, 2.24) is 0 Å². The number of hydrogen-bond donors (Lipinski definition) is 1. The van der Waals surface area contributed by atoms with Gasteiger partial charge in [0.1, 0.15) is 11.5 Å². The van der Waals surface area contributed by atoms with E-state index in [4.69, 9.17) is 4.74 Å². The van der Waals surface area contributed by atoms with E-state index in [1.54, 1.807) is 6.07 Å². The Morgan fingerprint density at radius 1 is 1.00 bits per heavy atom. The topological polar surface area (TPSA) is 47.6 Å². The molecule has 0 bridgehead atoms. The zero-order chi connectivity index (χ0) is 20.1. The number of hydrogen-bond acceptors (Lipinski definition) is 3. The maximum Gasteiger partial charge on any atom is 0.573 e. The number of halogens is 3. The van der Waals surface area contributed by atoms with Crippen LogP contribution >= 0.6 is 0 Å². The highest BCUT2D eigenvalue weighted by Gasteiger charge is 2.31. The summed E-state index contributed by atoms with van der Waals surface area (Å²) in [6.45, 7) is 1.82. The Labute approximate surface area is 159 Å². The minimum Gasteiger partial charge on any atom is -0.480 e. The molecule has 3 rings (SSSR count). The third-order valence-corrected chi connectivity index (χ3v) is 4.04. The van der Waals surface area contributed by atoms with Crippen molar-refractivity contribution < 1.29 is 27.4 Å². The van der Waals surface area contributed by atoms with Crippen LogP contribution < -0.4 is 14.8 Å². The van der Waals surface area contributed by atoms with Gasteiger partial charge in [-0.1, -0.05) is 43.3 Å². The van der Waals surface area contributed by atoms with Gasteiger partial charge in [0.05, 0.1) is 0 Å². The normalized spacial score (nSPS) is 12.4. The van der Waals surface area contributed by atoms with E-state index in [9.17, 15) is 18.0 Å². The highest BCUT2D eigenvalue weighted by atomic mass is 19.4. The Kier molecular flexibility index (Phi) is 5.73. The van der Waals surface area contributed by atoms with Crippen LogP contribution in [-0.4, -0.2) is 18.4 Å². The molecule has 7 heteroatoms. The van der Waals surface area contributed by atoms with Gasteiger partial charge in [0, 0.05) is 11.1 Å². The molecule has 3 aromatic carbocycles. The number of ether oxygens (including phenoxy) is 2. The summed E-state index contributed by atoms with van der Waals surface area (Å²) in [5.41, 5.74) is 0.347. The summed E-state index contributed by atoms with van der Waals surface area (Å²) in [6, 6.07) is 18.2. The molecule has 3 aromatic rings. The van der Waals surface area contributed by atoms with Crippen LogP contribution in [0.3, 0.4) is 0 Å². The molecule has 0 radical (unpaired) electrons. The van der Waals surface area contributed by atoms with Crippen LogP contribution in [0.1, 0.15) is 13.3 Å². The number of nitrogens with one attached hydrogen (secondary N) is 1. The number of carbonyl (C=O) groups is 1. The average molecular weight is 389 g/mol. The van der Waals surface area contributed by atoms with Crippen molar-refractivity contribution in [3.05, 3.63) is 66.7 Å². The smallest absolute Gasteiger partial charge is 0.480 e. The number of amides is 1. The molecule has 0 heterocycles. The van der Waals surface area contributed by atoms with Crippen molar-refractivity contribution >= 4 is 22.4 Å². The predicted octanol–water partition coefficient (Wildman–Crippen LogP) is 5.53. The molecule has 0 unspecified atom stereocenters. The van der Waals surface area contributed by atoms with Crippen molar-refractivity contribution in [3.63, 3.8) is 0 Å². The fourth-order valence-corrected chi connectivity index (χ4v) is 2.74. The second-order valence-electron chi connectivity index (χ2n) is 6.05. The quantitative estimate of drug-likeness (QED) is 0.603. The van der Waals surface area contributed by atoms with Crippen LogP contribution in [0.15, 0.2) is 66.7 Å². The number of rotatable bonds is 6. The summed E-state index contributed by atoms with van der Waals surface area (Å²) in [7, 11) is 0. The first-order valence-electron chi connectivity index (χ1n) is 8.67. The second kappa shape index (κ2) is 8.21. The summed E-state index contributed by atoms with van der Waals surface area (Å²) in [4.78, 5) is 12.6. The van der Waals surface area contributed by atoms with Crippen LogP contribution in [0.5, 0.6) is 11.5 Å². The van der Waals surface area contributed by atoms with Gasteiger partial charge in [-0.2, -0.15) is 0 Å². The highest BCUT2D eigenvalue weighted by molar-refractivity contribution is 5.95. The van der Waals surface area contributed by atoms with Crippen molar-refractivity contribution in [2.75, 3.05) is 5.32 Å². The zero-order valence-corrected chi connectivity index (χ0v) is 15.0. The molecule has 28 heavy (non-hydrogen) atoms. The summed E-state index contributed by atoms with van der Waals surface area (Å²) in [5, 5.41) is 4.54. The van der Waals surface area contributed by atoms with Gasteiger partial charge in [-0.25, -0.2) is 0 Å². The third-order valence-electron chi connectivity index (χ3n) is 4.04. The van der Waals surface area contributed by atoms with Gasteiger partial charge in [-0.05, 0) is 42.1 Å².